The fourth-order valence-corrected chi connectivity index (χ4v) is 3.95. The summed E-state index contributed by atoms with van der Waals surface area (Å²) in [4.78, 5) is 0.107. The summed E-state index contributed by atoms with van der Waals surface area (Å²) in [5.41, 5.74) is 6.73. The molecule has 0 bridgehead atoms. The van der Waals surface area contributed by atoms with Crippen LogP contribution in [0.1, 0.15) is 11.6 Å². The fraction of sp³-hybridized carbons (Fsp3) is 0.200. The summed E-state index contributed by atoms with van der Waals surface area (Å²) in [5.74, 6) is 0.489. The van der Waals surface area contributed by atoms with E-state index in [1.807, 2.05) is 0 Å². The van der Waals surface area contributed by atoms with Gasteiger partial charge in [0.2, 0.25) is 0 Å². The van der Waals surface area contributed by atoms with Crippen molar-refractivity contribution in [3.8, 4) is 5.75 Å². The third-order valence-electron chi connectivity index (χ3n) is 3.11. The molecule has 0 amide bonds. The molecule has 2 rings (SSSR count). The van der Waals surface area contributed by atoms with Crippen LogP contribution in [0.5, 0.6) is 5.75 Å². The maximum atomic E-state index is 12.4. The Hall–Kier alpha value is -1.56. The summed E-state index contributed by atoms with van der Waals surface area (Å²) in [5, 5.41) is 0.208. The second-order valence-corrected chi connectivity index (χ2v) is 7.00. The summed E-state index contributed by atoms with van der Waals surface area (Å²) in [6, 6.07) is 12.7. The second kappa shape index (κ2) is 6.47. The van der Waals surface area contributed by atoms with Gasteiger partial charge in [-0.15, -0.1) is 0 Å². The number of halogens is 1. The van der Waals surface area contributed by atoms with Crippen LogP contribution in [0.3, 0.4) is 0 Å². The van der Waals surface area contributed by atoms with Gasteiger partial charge in [0.25, 0.3) is 0 Å². The summed E-state index contributed by atoms with van der Waals surface area (Å²) in [6.07, 6.45) is 0. The van der Waals surface area contributed by atoms with Crippen molar-refractivity contribution >= 4 is 21.4 Å². The number of benzene rings is 2. The molecule has 2 aromatic rings. The van der Waals surface area contributed by atoms with E-state index in [1.54, 1.807) is 49.6 Å². The largest absolute Gasteiger partial charge is 0.497 e. The molecule has 1 unspecified atom stereocenters. The van der Waals surface area contributed by atoms with Crippen molar-refractivity contribution in [2.24, 2.45) is 5.73 Å². The molecule has 6 heteroatoms. The summed E-state index contributed by atoms with van der Waals surface area (Å²) >= 11 is 5.94. The van der Waals surface area contributed by atoms with E-state index in [0.717, 1.165) is 5.56 Å². The number of hydrogen-bond acceptors (Lipinski definition) is 4. The number of hydrogen-bond donors (Lipinski definition) is 1. The Bertz CT molecular complexity index is 714. The highest BCUT2D eigenvalue weighted by Crippen LogP contribution is 2.25. The predicted octanol–water partition coefficient (Wildman–Crippen LogP) is 2.82. The van der Waals surface area contributed by atoms with Crippen LogP contribution in [0.2, 0.25) is 5.02 Å². The SMILES string of the molecule is COc1ccc(C(N)CS(=O)(=O)c2ccccc2Cl)cc1. The lowest BCUT2D eigenvalue weighted by Crippen LogP contribution is -2.22. The van der Waals surface area contributed by atoms with Crippen molar-refractivity contribution in [1.29, 1.82) is 0 Å². The van der Waals surface area contributed by atoms with Crippen molar-refractivity contribution in [3.05, 3.63) is 59.1 Å². The first kappa shape index (κ1) is 15.8. The van der Waals surface area contributed by atoms with Crippen LogP contribution in [0.25, 0.3) is 0 Å². The molecule has 2 N–H and O–H groups in total. The second-order valence-electron chi connectivity index (χ2n) is 4.59. The van der Waals surface area contributed by atoms with E-state index in [1.165, 1.54) is 6.07 Å². The number of methoxy groups -OCH3 is 1. The van der Waals surface area contributed by atoms with Crippen LogP contribution in [0.4, 0.5) is 0 Å². The minimum absolute atomic E-state index is 0.107. The zero-order valence-electron chi connectivity index (χ0n) is 11.5. The van der Waals surface area contributed by atoms with Crippen LogP contribution < -0.4 is 10.5 Å². The third kappa shape index (κ3) is 3.75. The standard InChI is InChI=1S/C15H16ClNO3S/c1-20-12-8-6-11(7-9-12)14(17)10-21(18,19)15-5-3-2-4-13(15)16/h2-9,14H,10,17H2,1H3. The molecule has 0 heterocycles. The number of rotatable bonds is 5. The normalized spacial score (nSPS) is 12.9. The van der Waals surface area contributed by atoms with E-state index in [4.69, 9.17) is 22.1 Å². The molecule has 0 radical (unpaired) electrons. The first-order valence-corrected chi connectivity index (χ1v) is 8.34. The lowest BCUT2D eigenvalue weighted by Gasteiger charge is -2.14. The minimum Gasteiger partial charge on any atom is -0.497 e. The molecule has 1 atom stereocenters. The van der Waals surface area contributed by atoms with Gasteiger partial charge in [-0.2, -0.15) is 0 Å². The molecule has 2 aromatic carbocycles. The van der Waals surface area contributed by atoms with Crippen molar-refractivity contribution in [3.63, 3.8) is 0 Å². The van der Waals surface area contributed by atoms with E-state index in [0.29, 0.717) is 5.75 Å². The van der Waals surface area contributed by atoms with Gasteiger partial charge in [-0.25, -0.2) is 8.42 Å². The molecule has 0 aliphatic carbocycles. The van der Waals surface area contributed by atoms with Crippen LogP contribution in [-0.4, -0.2) is 21.3 Å². The van der Waals surface area contributed by atoms with E-state index >= 15 is 0 Å². The van der Waals surface area contributed by atoms with Gasteiger partial charge in [0, 0.05) is 6.04 Å². The van der Waals surface area contributed by atoms with Gasteiger partial charge in [-0.1, -0.05) is 35.9 Å². The van der Waals surface area contributed by atoms with Crippen molar-refractivity contribution in [2.75, 3.05) is 12.9 Å². The Morgan fingerprint density at radius 3 is 2.33 bits per heavy atom. The molecule has 0 aliphatic heterocycles. The average Bonchev–Trinajstić information content (AvgIpc) is 2.47. The Kier molecular flexibility index (Phi) is 4.88. The molecule has 0 aromatic heterocycles. The molecule has 0 fully saturated rings. The monoisotopic (exact) mass is 325 g/mol. The van der Waals surface area contributed by atoms with E-state index in [2.05, 4.69) is 0 Å². The molecular formula is C15H16ClNO3S. The molecule has 0 aliphatic rings. The van der Waals surface area contributed by atoms with Gasteiger partial charge in [-0.05, 0) is 29.8 Å². The first-order chi connectivity index (χ1) is 9.94. The molecule has 0 saturated carbocycles. The molecule has 112 valence electrons. The highest BCUT2D eigenvalue weighted by atomic mass is 35.5. The maximum absolute atomic E-state index is 12.4. The first-order valence-electron chi connectivity index (χ1n) is 6.31. The molecule has 4 nitrogen and oxygen atoms in total. The van der Waals surface area contributed by atoms with Crippen LogP contribution in [0, 0.1) is 0 Å². The van der Waals surface area contributed by atoms with E-state index < -0.39 is 15.9 Å². The van der Waals surface area contributed by atoms with Gasteiger partial charge < -0.3 is 10.5 Å². The lowest BCUT2D eigenvalue weighted by molar-refractivity contribution is 0.414. The summed E-state index contributed by atoms with van der Waals surface area (Å²) in [6.45, 7) is 0. The average molecular weight is 326 g/mol. The summed E-state index contributed by atoms with van der Waals surface area (Å²) in [7, 11) is -1.98. The Balaban J connectivity index is 2.21. The van der Waals surface area contributed by atoms with Crippen LogP contribution in [0.15, 0.2) is 53.4 Å². The fourth-order valence-electron chi connectivity index (χ4n) is 1.97. The van der Waals surface area contributed by atoms with Crippen LogP contribution in [-0.2, 0) is 9.84 Å². The maximum Gasteiger partial charge on any atom is 0.181 e. The third-order valence-corrected chi connectivity index (χ3v) is 5.38. The molecule has 0 saturated heterocycles. The lowest BCUT2D eigenvalue weighted by atomic mass is 10.1. The minimum atomic E-state index is -3.54. The molecule has 0 spiro atoms. The Labute approximate surface area is 129 Å². The highest BCUT2D eigenvalue weighted by Gasteiger charge is 2.22. The quantitative estimate of drug-likeness (QED) is 0.917. The number of nitrogens with two attached hydrogens (primary N) is 1. The zero-order chi connectivity index (χ0) is 15.5. The van der Waals surface area contributed by atoms with Gasteiger partial charge >= 0.3 is 0 Å². The van der Waals surface area contributed by atoms with Crippen molar-refractivity contribution < 1.29 is 13.2 Å². The van der Waals surface area contributed by atoms with Gasteiger partial charge in [-0.3, -0.25) is 0 Å². The van der Waals surface area contributed by atoms with Gasteiger partial charge in [0.05, 0.1) is 22.8 Å². The predicted molar refractivity (Wildman–Crippen MR) is 83.4 cm³/mol. The smallest absolute Gasteiger partial charge is 0.181 e. The van der Waals surface area contributed by atoms with Gasteiger partial charge in [0.15, 0.2) is 9.84 Å². The molecule has 21 heavy (non-hydrogen) atoms. The van der Waals surface area contributed by atoms with Gasteiger partial charge in [0.1, 0.15) is 5.75 Å². The number of sulfone groups is 1. The summed E-state index contributed by atoms with van der Waals surface area (Å²) < 4.78 is 29.8. The van der Waals surface area contributed by atoms with E-state index in [9.17, 15) is 8.42 Å². The van der Waals surface area contributed by atoms with Crippen molar-refractivity contribution in [2.45, 2.75) is 10.9 Å². The van der Waals surface area contributed by atoms with Crippen LogP contribution >= 0.6 is 11.6 Å². The Morgan fingerprint density at radius 1 is 1.14 bits per heavy atom. The molecular weight excluding hydrogens is 310 g/mol. The topological polar surface area (TPSA) is 69.4 Å². The number of ether oxygens (including phenoxy) is 1. The van der Waals surface area contributed by atoms with Crippen molar-refractivity contribution in [1.82, 2.24) is 0 Å². The van der Waals surface area contributed by atoms with E-state index in [-0.39, 0.29) is 15.7 Å². The zero-order valence-corrected chi connectivity index (χ0v) is 13.1. The Morgan fingerprint density at radius 2 is 1.76 bits per heavy atom. The highest BCUT2D eigenvalue weighted by molar-refractivity contribution is 7.91.